The second kappa shape index (κ2) is 4.49. The molecule has 0 amide bonds. The van der Waals surface area contributed by atoms with E-state index in [2.05, 4.69) is 39.2 Å². The fourth-order valence-electron chi connectivity index (χ4n) is 1.93. The molecular formula is C11H15BrN2O. The molecule has 1 N–H and O–H groups in total. The Morgan fingerprint density at radius 1 is 1.60 bits per heavy atom. The Balaban J connectivity index is 2.46. The van der Waals surface area contributed by atoms with Gasteiger partial charge in [0.25, 0.3) is 0 Å². The molecule has 0 aromatic carbocycles. The van der Waals surface area contributed by atoms with Crippen LogP contribution < -0.4 is 10.1 Å². The lowest BCUT2D eigenvalue weighted by Gasteiger charge is -2.13. The largest absolute Gasteiger partial charge is 0.480 e. The molecule has 4 heteroatoms. The lowest BCUT2D eigenvalue weighted by molar-refractivity contribution is 0.393. The number of fused-ring (bicyclic) bond motifs is 1. The Bertz CT molecular complexity index is 368. The van der Waals surface area contributed by atoms with Crippen LogP contribution in [0.5, 0.6) is 5.88 Å². The third kappa shape index (κ3) is 2.16. The third-order valence-electron chi connectivity index (χ3n) is 2.77. The summed E-state index contributed by atoms with van der Waals surface area (Å²) in [6, 6.07) is 2.14. The van der Waals surface area contributed by atoms with Crippen LogP contribution in [0.1, 0.15) is 24.1 Å². The molecule has 0 spiro atoms. The minimum atomic E-state index is 0.511. The third-order valence-corrected chi connectivity index (χ3v) is 3.34. The summed E-state index contributed by atoms with van der Waals surface area (Å²) in [5, 5.41) is 3.40. The van der Waals surface area contributed by atoms with Gasteiger partial charge in [0.2, 0.25) is 5.88 Å². The Labute approximate surface area is 98.4 Å². The Morgan fingerprint density at radius 3 is 3.13 bits per heavy atom. The number of aromatic nitrogens is 1. The second-order valence-corrected chi connectivity index (χ2v) is 4.72. The predicted octanol–water partition coefficient (Wildman–Crippen LogP) is 2.10. The summed E-state index contributed by atoms with van der Waals surface area (Å²) in [7, 11) is 1.65. The molecule has 0 fully saturated rings. The van der Waals surface area contributed by atoms with Gasteiger partial charge in [-0.15, -0.1) is 0 Å². The maximum absolute atomic E-state index is 5.21. The molecule has 82 valence electrons. The van der Waals surface area contributed by atoms with Crippen molar-refractivity contribution < 1.29 is 4.74 Å². The molecule has 1 aliphatic rings. The van der Waals surface area contributed by atoms with Crippen LogP contribution in [-0.2, 0) is 6.42 Å². The highest BCUT2D eigenvalue weighted by Crippen LogP contribution is 2.30. The van der Waals surface area contributed by atoms with E-state index in [1.807, 2.05) is 0 Å². The van der Waals surface area contributed by atoms with Crippen molar-refractivity contribution >= 4 is 15.9 Å². The van der Waals surface area contributed by atoms with Gasteiger partial charge in [-0.1, -0.05) is 6.92 Å². The molecule has 15 heavy (non-hydrogen) atoms. The highest BCUT2D eigenvalue weighted by atomic mass is 79.9. The van der Waals surface area contributed by atoms with E-state index in [1.165, 1.54) is 5.56 Å². The van der Waals surface area contributed by atoms with E-state index in [0.29, 0.717) is 11.8 Å². The zero-order chi connectivity index (χ0) is 10.8. The second-order valence-electron chi connectivity index (χ2n) is 3.87. The molecule has 2 rings (SSSR count). The van der Waals surface area contributed by atoms with Crippen LogP contribution >= 0.6 is 15.9 Å². The first-order valence-corrected chi connectivity index (χ1v) is 5.95. The lowest BCUT2D eigenvalue weighted by Crippen LogP contribution is -2.18. The van der Waals surface area contributed by atoms with Crippen molar-refractivity contribution in [3.05, 3.63) is 21.8 Å². The van der Waals surface area contributed by atoms with Gasteiger partial charge in [0, 0.05) is 25.2 Å². The minimum absolute atomic E-state index is 0.511. The van der Waals surface area contributed by atoms with Crippen LogP contribution in [0.4, 0.5) is 0 Å². The molecule has 1 atom stereocenters. The first-order valence-electron chi connectivity index (χ1n) is 5.16. The van der Waals surface area contributed by atoms with E-state index >= 15 is 0 Å². The van der Waals surface area contributed by atoms with Crippen molar-refractivity contribution in [3.8, 4) is 5.88 Å². The molecule has 0 bridgehead atoms. The van der Waals surface area contributed by atoms with E-state index in [9.17, 15) is 0 Å². The summed E-state index contributed by atoms with van der Waals surface area (Å²) in [5.74, 6) is 1.19. The van der Waals surface area contributed by atoms with Gasteiger partial charge in [0.1, 0.15) is 0 Å². The van der Waals surface area contributed by atoms with Crippen LogP contribution in [-0.4, -0.2) is 25.2 Å². The molecule has 0 saturated carbocycles. The Morgan fingerprint density at radius 2 is 2.40 bits per heavy atom. The number of nitrogens with zero attached hydrogens (tertiary/aromatic N) is 1. The summed E-state index contributed by atoms with van der Waals surface area (Å²) in [5.41, 5.74) is 2.49. The van der Waals surface area contributed by atoms with Crippen molar-refractivity contribution in [2.24, 2.45) is 0 Å². The summed E-state index contributed by atoms with van der Waals surface area (Å²) >= 11 is 3.48. The molecule has 1 aromatic heterocycles. The quantitative estimate of drug-likeness (QED) is 0.849. The zero-order valence-electron chi connectivity index (χ0n) is 9.01. The van der Waals surface area contributed by atoms with Gasteiger partial charge in [-0.3, -0.25) is 0 Å². The first kappa shape index (κ1) is 10.9. The van der Waals surface area contributed by atoms with Crippen molar-refractivity contribution in [3.63, 3.8) is 0 Å². The standard InChI is InChI=1S/C11H15BrN2O/c1-7-6-13-4-3-10-8(7)5-9(12)11(14-10)15-2/h5,7,13H,3-4,6H2,1-2H3/t7-/m0/s1. The number of rotatable bonds is 1. The number of pyridine rings is 1. The maximum Gasteiger partial charge on any atom is 0.227 e. The molecule has 0 saturated heterocycles. The SMILES string of the molecule is COc1nc2c(cc1Br)[C@@H](C)CNCC2. The summed E-state index contributed by atoms with van der Waals surface area (Å²) < 4.78 is 6.15. The number of halogens is 1. The molecule has 2 heterocycles. The fraction of sp³-hybridized carbons (Fsp3) is 0.545. The highest BCUT2D eigenvalue weighted by molar-refractivity contribution is 9.10. The zero-order valence-corrected chi connectivity index (χ0v) is 10.6. The number of hydrogen-bond acceptors (Lipinski definition) is 3. The highest BCUT2D eigenvalue weighted by Gasteiger charge is 2.18. The van der Waals surface area contributed by atoms with Crippen LogP contribution in [0, 0.1) is 0 Å². The summed E-state index contributed by atoms with van der Waals surface area (Å²) in [6.07, 6.45) is 0.976. The van der Waals surface area contributed by atoms with E-state index in [-0.39, 0.29) is 0 Å². The van der Waals surface area contributed by atoms with Gasteiger partial charge in [0.15, 0.2) is 0 Å². The average Bonchev–Trinajstić information content (AvgIpc) is 2.40. The first-order chi connectivity index (χ1) is 7.22. The number of hydrogen-bond donors (Lipinski definition) is 1. The number of nitrogens with one attached hydrogen (secondary N) is 1. The molecule has 1 aromatic rings. The van der Waals surface area contributed by atoms with Crippen LogP contribution in [0.15, 0.2) is 10.5 Å². The average molecular weight is 271 g/mol. The number of methoxy groups -OCH3 is 1. The summed E-state index contributed by atoms with van der Waals surface area (Å²) in [4.78, 5) is 4.53. The predicted molar refractivity (Wildman–Crippen MR) is 63.5 cm³/mol. The van der Waals surface area contributed by atoms with Gasteiger partial charge >= 0.3 is 0 Å². The monoisotopic (exact) mass is 270 g/mol. The van der Waals surface area contributed by atoms with Crippen LogP contribution in [0.3, 0.4) is 0 Å². The summed E-state index contributed by atoms with van der Waals surface area (Å²) in [6.45, 7) is 4.24. The molecule has 0 unspecified atom stereocenters. The van der Waals surface area contributed by atoms with Gasteiger partial charge in [-0.2, -0.15) is 0 Å². The molecule has 0 aliphatic carbocycles. The van der Waals surface area contributed by atoms with Crippen molar-refractivity contribution in [2.75, 3.05) is 20.2 Å². The molecule has 1 aliphatic heterocycles. The smallest absolute Gasteiger partial charge is 0.227 e. The Kier molecular flexibility index (Phi) is 3.26. The Hall–Kier alpha value is -0.610. The van der Waals surface area contributed by atoms with E-state index in [1.54, 1.807) is 7.11 Å². The minimum Gasteiger partial charge on any atom is -0.480 e. The van der Waals surface area contributed by atoms with Crippen LogP contribution in [0.25, 0.3) is 0 Å². The van der Waals surface area contributed by atoms with E-state index in [0.717, 1.165) is 29.7 Å². The van der Waals surface area contributed by atoms with Crippen molar-refractivity contribution in [2.45, 2.75) is 19.3 Å². The number of ether oxygens (including phenoxy) is 1. The molecule has 0 radical (unpaired) electrons. The van der Waals surface area contributed by atoms with Gasteiger partial charge in [0.05, 0.1) is 11.6 Å². The maximum atomic E-state index is 5.21. The normalized spacial score (nSPS) is 20.6. The van der Waals surface area contributed by atoms with Crippen LogP contribution in [0.2, 0.25) is 0 Å². The van der Waals surface area contributed by atoms with Gasteiger partial charge in [-0.25, -0.2) is 4.98 Å². The van der Waals surface area contributed by atoms with E-state index in [4.69, 9.17) is 4.74 Å². The molecular weight excluding hydrogens is 256 g/mol. The van der Waals surface area contributed by atoms with Crippen molar-refractivity contribution in [1.82, 2.24) is 10.3 Å². The van der Waals surface area contributed by atoms with E-state index < -0.39 is 0 Å². The molecule has 3 nitrogen and oxygen atoms in total. The van der Waals surface area contributed by atoms with Crippen molar-refractivity contribution in [1.29, 1.82) is 0 Å². The lowest BCUT2D eigenvalue weighted by atomic mass is 10.00. The topological polar surface area (TPSA) is 34.1 Å². The fourth-order valence-corrected chi connectivity index (χ4v) is 2.42. The van der Waals surface area contributed by atoms with Gasteiger partial charge < -0.3 is 10.1 Å². The van der Waals surface area contributed by atoms with Gasteiger partial charge in [-0.05, 0) is 33.5 Å².